The van der Waals surface area contributed by atoms with Crippen molar-refractivity contribution in [2.45, 2.75) is 6.92 Å². The summed E-state index contributed by atoms with van der Waals surface area (Å²) in [5.74, 6) is 0.0477. The average molecular weight is 310 g/mol. The maximum Gasteiger partial charge on any atom is 0.187 e. The van der Waals surface area contributed by atoms with Gasteiger partial charge in [0.25, 0.3) is 0 Å². The van der Waals surface area contributed by atoms with E-state index in [-0.39, 0.29) is 5.78 Å². The number of ketones is 1. The fraction of sp³-hybridized carbons (Fsp3) is 0.357. The summed E-state index contributed by atoms with van der Waals surface area (Å²) in [7, 11) is 0. The van der Waals surface area contributed by atoms with Crippen molar-refractivity contribution in [1.82, 2.24) is 4.90 Å². The van der Waals surface area contributed by atoms with Crippen LogP contribution in [0.1, 0.15) is 17.3 Å². The first-order valence-corrected chi connectivity index (χ1v) is 6.77. The molecule has 1 aromatic carbocycles. The van der Waals surface area contributed by atoms with Gasteiger partial charge in [0.1, 0.15) is 0 Å². The van der Waals surface area contributed by atoms with Crippen LogP contribution in [0.25, 0.3) is 0 Å². The molecule has 0 spiro atoms. The number of carbonyl (C=O) groups excluding carboxylic acids is 1. The number of nitrogens with zero attached hydrogens (tertiary/aromatic N) is 1. The fourth-order valence-electron chi connectivity index (χ4n) is 1.89. The van der Waals surface area contributed by atoms with Crippen molar-refractivity contribution in [2.24, 2.45) is 0 Å². The highest BCUT2D eigenvalue weighted by Gasteiger charge is 2.12. The Morgan fingerprint density at radius 3 is 2.50 bits per heavy atom. The van der Waals surface area contributed by atoms with Crippen LogP contribution in [0.3, 0.4) is 0 Å². The van der Waals surface area contributed by atoms with Gasteiger partial charge >= 0.3 is 0 Å². The predicted octanol–water partition coefficient (Wildman–Crippen LogP) is 2.87. The standard InChI is InChI=1S/C14H16BrNO2/c1-11(16-6-8-18-9-7-16)10-14(17)12-2-4-13(15)5-3-12/h2-5,10H,6-9H2,1H3/b11-10-. The molecular weight excluding hydrogens is 294 g/mol. The van der Waals surface area contributed by atoms with Crippen molar-refractivity contribution in [2.75, 3.05) is 26.3 Å². The van der Waals surface area contributed by atoms with E-state index in [1.165, 1.54) is 0 Å². The van der Waals surface area contributed by atoms with E-state index >= 15 is 0 Å². The predicted molar refractivity (Wildman–Crippen MR) is 74.6 cm³/mol. The minimum atomic E-state index is 0.0477. The molecule has 0 saturated carbocycles. The molecule has 0 unspecified atom stereocenters. The van der Waals surface area contributed by atoms with Gasteiger partial charge in [-0.25, -0.2) is 0 Å². The molecule has 0 radical (unpaired) electrons. The molecule has 96 valence electrons. The zero-order valence-electron chi connectivity index (χ0n) is 10.4. The lowest BCUT2D eigenvalue weighted by Crippen LogP contribution is -2.35. The molecule has 0 aromatic heterocycles. The minimum absolute atomic E-state index is 0.0477. The molecule has 4 heteroatoms. The zero-order chi connectivity index (χ0) is 13.0. The first-order chi connectivity index (χ1) is 8.66. The Hall–Kier alpha value is -1.13. The molecular formula is C14H16BrNO2. The Labute approximate surface area is 116 Å². The molecule has 0 amide bonds. The van der Waals surface area contributed by atoms with Crippen molar-refractivity contribution >= 4 is 21.7 Å². The highest BCUT2D eigenvalue weighted by molar-refractivity contribution is 9.10. The van der Waals surface area contributed by atoms with Crippen LogP contribution in [0.5, 0.6) is 0 Å². The second-order valence-corrected chi connectivity index (χ2v) is 5.17. The summed E-state index contributed by atoms with van der Waals surface area (Å²) >= 11 is 3.36. The fourth-order valence-corrected chi connectivity index (χ4v) is 2.16. The molecule has 1 aromatic rings. The zero-order valence-corrected chi connectivity index (χ0v) is 11.9. The summed E-state index contributed by atoms with van der Waals surface area (Å²) in [5, 5.41) is 0. The van der Waals surface area contributed by atoms with E-state index in [0.29, 0.717) is 5.56 Å². The lowest BCUT2D eigenvalue weighted by molar-refractivity contribution is 0.0534. The highest BCUT2D eigenvalue weighted by Crippen LogP contribution is 2.13. The maximum absolute atomic E-state index is 12.1. The van der Waals surface area contributed by atoms with Crippen LogP contribution in [0.4, 0.5) is 0 Å². The summed E-state index contributed by atoms with van der Waals surface area (Å²) in [6, 6.07) is 7.42. The molecule has 1 heterocycles. The summed E-state index contributed by atoms with van der Waals surface area (Å²) in [4.78, 5) is 14.2. The highest BCUT2D eigenvalue weighted by atomic mass is 79.9. The Kier molecular flexibility index (Phi) is 4.55. The van der Waals surface area contributed by atoms with E-state index in [4.69, 9.17) is 4.74 Å². The van der Waals surface area contributed by atoms with Gasteiger partial charge in [-0.1, -0.05) is 15.9 Å². The molecule has 2 rings (SSSR count). The van der Waals surface area contributed by atoms with Crippen LogP contribution in [0.15, 0.2) is 40.5 Å². The summed E-state index contributed by atoms with van der Waals surface area (Å²) < 4.78 is 6.27. The van der Waals surface area contributed by atoms with E-state index < -0.39 is 0 Å². The van der Waals surface area contributed by atoms with Gasteiger partial charge in [0, 0.05) is 34.9 Å². The molecule has 1 aliphatic rings. The number of morpholine rings is 1. The SMILES string of the molecule is C/C(=C/C(=O)c1ccc(Br)cc1)N1CCOCC1. The van der Waals surface area contributed by atoms with Gasteiger partial charge in [-0.3, -0.25) is 4.79 Å². The molecule has 0 N–H and O–H groups in total. The third-order valence-electron chi connectivity index (χ3n) is 2.98. The Morgan fingerprint density at radius 1 is 1.28 bits per heavy atom. The quantitative estimate of drug-likeness (QED) is 0.635. The smallest absolute Gasteiger partial charge is 0.187 e. The summed E-state index contributed by atoms with van der Waals surface area (Å²) in [6.07, 6.45) is 1.70. The first kappa shape index (κ1) is 13.3. The van der Waals surface area contributed by atoms with Crippen molar-refractivity contribution in [3.63, 3.8) is 0 Å². The third kappa shape index (κ3) is 3.43. The lowest BCUT2D eigenvalue weighted by Gasteiger charge is -2.29. The van der Waals surface area contributed by atoms with E-state index in [9.17, 15) is 4.79 Å². The maximum atomic E-state index is 12.1. The van der Waals surface area contributed by atoms with Crippen LogP contribution in [-0.4, -0.2) is 37.0 Å². The number of halogens is 1. The van der Waals surface area contributed by atoms with Crippen molar-refractivity contribution in [3.05, 3.63) is 46.1 Å². The van der Waals surface area contributed by atoms with Gasteiger partial charge < -0.3 is 9.64 Å². The topological polar surface area (TPSA) is 29.5 Å². The van der Waals surface area contributed by atoms with Crippen LogP contribution in [-0.2, 0) is 4.74 Å². The van der Waals surface area contributed by atoms with Crippen LogP contribution in [0.2, 0.25) is 0 Å². The van der Waals surface area contributed by atoms with Gasteiger partial charge in [0.15, 0.2) is 5.78 Å². The van der Waals surface area contributed by atoms with Crippen LogP contribution >= 0.6 is 15.9 Å². The molecule has 1 fully saturated rings. The van der Waals surface area contributed by atoms with Crippen molar-refractivity contribution in [3.8, 4) is 0 Å². The van der Waals surface area contributed by atoms with Crippen molar-refractivity contribution in [1.29, 1.82) is 0 Å². The van der Waals surface area contributed by atoms with Gasteiger partial charge in [-0.15, -0.1) is 0 Å². The van der Waals surface area contributed by atoms with E-state index in [0.717, 1.165) is 36.5 Å². The largest absolute Gasteiger partial charge is 0.378 e. The molecule has 1 aliphatic heterocycles. The molecule has 1 saturated heterocycles. The van der Waals surface area contributed by atoms with Gasteiger partial charge in [-0.2, -0.15) is 0 Å². The van der Waals surface area contributed by atoms with Gasteiger partial charge in [0.05, 0.1) is 13.2 Å². The van der Waals surface area contributed by atoms with Gasteiger partial charge in [0.2, 0.25) is 0 Å². The number of allylic oxidation sites excluding steroid dienone is 2. The van der Waals surface area contributed by atoms with E-state index in [1.807, 2.05) is 31.2 Å². The number of ether oxygens (including phenoxy) is 1. The normalized spacial score (nSPS) is 16.8. The molecule has 0 atom stereocenters. The van der Waals surface area contributed by atoms with Crippen LogP contribution in [0, 0.1) is 0 Å². The number of carbonyl (C=O) groups is 1. The lowest BCUT2D eigenvalue weighted by atomic mass is 10.1. The number of rotatable bonds is 3. The molecule has 18 heavy (non-hydrogen) atoms. The second kappa shape index (κ2) is 6.16. The van der Waals surface area contributed by atoms with Crippen LogP contribution < -0.4 is 0 Å². The van der Waals surface area contributed by atoms with Crippen molar-refractivity contribution < 1.29 is 9.53 Å². The van der Waals surface area contributed by atoms with E-state index in [2.05, 4.69) is 20.8 Å². The summed E-state index contributed by atoms with van der Waals surface area (Å²) in [6.45, 7) is 5.16. The Bertz CT molecular complexity index is 447. The number of benzene rings is 1. The van der Waals surface area contributed by atoms with E-state index in [1.54, 1.807) is 6.08 Å². The molecule has 3 nitrogen and oxygen atoms in total. The monoisotopic (exact) mass is 309 g/mol. The third-order valence-corrected chi connectivity index (χ3v) is 3.51. The summed E-state index contributed by atoms with van der Waals surface area (Å²) in [5.41, 5.74) is 1.72. The minimum Gasteiger partial charge on any atom is -0.378 e. The average Bonchev–Trinajstić information content (AvgIpc) is 2.40. The Morgan fingerprint density at radius 2 is 1.89 bits per heavy atom. The molecule has 0 aliphatic carbocycles. The first-order valence-electron chi connectivity index (χ1n) is 5.98. The second-order valence-electron chi connectivity index (χ2n) is 4.26. The van der Waals surface area contributed by atoms with Gasteiger partial charge in [-0.05, 0) is 31.2 Å². The number of hydrogen-bond acceptors (Lipinski definition) is 3. The number of hydrogen-bond donors (Lipinski definition) is 0. The molecule has 0 bridgehead atoms. The Balaban J connectivity index is 2.06.